The number of nitriles is 1. The quantitative estimate of drug-likeness (QED) is 0.915. The molecule has 0 spiro atoms. The number of hydrogen-bond donors (Lipinski definition) is 1. The second kappa shape index (κ2) is 5.80. The van der Waals surface area contributed by atoms with Gasteiger partial charge in [-0.1, -0.05) is 24.3 Å². The second-order valence-electron chi connectivity index (χ2n) is 5.39. The van der Waals surface area contributed by atoms with Gasteiger partial charge in [-0.3, -0.25) is 4.79 Å². The van der Waals surface area contributed by atoms with E-state index in [1.807, 2.05) is 6.07 Å². The number of hydrogen-bond acceptors (Lipinski definition) is 2. The van der Waals surface area contributed by atoms with Crippen LogP contribution < -0.4 is 5.32 Å². The first-order valence-corrected chi connectivity index (χ1v) is 7.14. The van der Waals surface area contributed by atoms with E-state index >= 15 is 0 Å². The first-order chi connectivity index (χ1) is 10.3. The van der Waals surface area contributed by atoms with Gasteiger partial charge in [0.1, 0.15) is 0 Å². The maximum absolute atomic E-state index is 12.4. The second-order valence-corrected chi connectivity index (χ2v) is 5.39. The van der Waals surface area contributed by atoms with E-state index in [-0.39, 0.29) is 11.8 Å². The third kappa shape index (κ3) is 2.95. The molecule has 0 bridgehead atoms. The molecule has 3 nitrogen and oxygen atoms in total. The Morgan fingerprint density at radius 1 is 1.10 bits per heavy atom. The van der Waals surface area contributed by atoms with Crippen molar-refractivity contribution in [3.8, 4) is 6.07 Å². The summed E-state index contributed by atoms with van der Waals surface area (Å²) in [7, 11) is 0. The molecular weight excluding hydrogens is 260 g/mol. The van der Waals surface area contributed by atoms with Crippen LogP contribution in [-0.2, 0) is 17.6 Å². The lowest BCUT2D eigenvalue weighted by atomic mass is 9.83. The summed E-state index contributed by atoms with van der Waals surface area (Å²) in [6, 6.07) is 17.4. The monoisotopic (exact) mass is 276 g/mol. The van der Waals surface area contributed by atoms with Crippen molar-refractivity contribution in [3.05, 3.63) is 65.2 Å². The van der Waals surface area contributed by atoms with Crippen LogP contribution in [0, 0.1) is 17.2 Å². The fourth-order valence-corrected chi connectivity index (χ4v) is 2.79. The molecule has 1 N–H and O–H groups in total. The highest BCUT2D eigenvalue weighted by molar-refractivity contribution is 5.92. The first kappa shape index (κ1) is 13.4. The summed E-state index contributed by atoms with van der Waals surface area (Å²) in [4.78, 5) is 12.4. The van der Waals surface area contributed by atoms with Gasteiger partial charge in [0.2, 0.25) is 5.91 Å². The topological polar surface area (TPSA) is 52.9 Å². The van der Waals surface area contributed by atoms with Crippen molar-refractivity contribution in [2.45, 2.75) is 19.3 Å². The van der Waals surface area contributed by atoms with Crippen LogP contribution in [0.3, 0.4) is 0 Å². The van der Waals surface area contributed by atoms with Gasteiger partial charge in [0.15, 0.2) is 0 Å². The van der Waals surface area contributed by atoms with E-state index in [4.69, 9.17) is 5.26 Å². The molecule has 2 aromatic carbocycles. The molecule has 0 aromatic heterocycles. The molecule has 0 radical (unpaired) electrons. The van der Waals surface area contributed by atoms with Gasteiger partial charge < -0.3 is 5.32 Å². The van der Waals surface area contributed by atoms with Crippen LogP contribution in [0.15, 0.2) is 48.5 Å². The predicted molar refractivity (Wildman–Crippen MR) is 81.7 cm³/mol. The third-order valence-corrected chi connectivity index (χ3v) is 4.00. The molecule has 0 saturated carbocycles. The highest BCUT2D eigenvalue weighted by Gasteiger charge is 2.24. The molecule has 0 fully saturated rings. The lowest BCUT2D eigenvalue weighted by Gasteiger charge is -2.23. The van der Waals surface area contributed by atoms with Gasteiger partial charge >= 0.3 is 0 Å². The minimum Gasteiger partial charge on any atom is -0.326 e. The molecule has 0 saturated heterocycles. The Labute approximate surface area is 124 Å². The maximum Gasteiger partial charge on any atom is 0.227 e. The van der Waals surface area contributed by atoms with Gasteiger partial charge in [-0.25, -0.2) is 0 Å². The minimum absolute atomic E-state index is 0.0237. The number of nitrogens with one attached hydrogen (secondary N) is 1. The van der Waals surface area contributed by atoms with Gasteiger partial charge in [-0.15, -0.1) is 0 Å². The summed E-state index contributed by atoms with van der Waals surface area (Å²) in [6.45, 7) is 0. The standard InChI is InChI=1S/C18H16N2O/c19-12-13-5-9-17(10-6-13)20-18(21)16-8-7-14-3-1-2-4-15(14)11-16/h1-6,9-10,16H,7-8,11H2,(H,20,21). The van der Waals surface area contributed by atoms with Crippen LogP contribution in [0.1, 0.15) is 23.1 Å². The molecule has 1 aliphatic carbocycles. The van der Waals surface area contributed by atoms with E-state index in [1.54, 1.807) is 24.3 Å². The van der Waals surface area contributed by atoms with Crippen LogP contribution in [0.4, 0.5) is 5.69 Å². The molecule has 104 valence electrons. The summed E-state index contributed by atoms with van der Waals surface area (Å²) in [5, 5.41) is 11.7. The Kier molecular flexibility index (Phi) is 3.70. The molecule has 1 amide bonds. The van der Waals surface area contributed by atoms with Crippen molar-refractivity contribution in [2.75, 3.05) is 5.32 Å². The average molecular weight is 276 g/mol. The van der Waals surface area contributed by atoms with Gasteiger partial charge in [-0.05, 0) is 54.7 Å². The Morgan fingerprint density at radius 3 is 2.52 bits per heavy atom. The first-order valence-electron chi connectivity index (χ1n) is 7.14. The molecule has 3 heteroatoms. The maximum atomic E-state index is 12.4. The minimum atomic E-state index is 0.0237. The Balaban J connectivity index is 1.68. The van der Waals surface area contributed by atoms with E-state index in [0.29, 0.717) is 5.56 Å². The SMILES string of the molecule is N#Cc1ccc(NC(=O)C2CCc3ccccc3C2)cc1. The lowest BCUT2D eigenvalue weighted by molar-refractivity contribution is -0.120. The van der Waals surface area contributed by atoms with Crippen molar-refractivity contribution in [2.24, 2.45) is 5.92 Å². The van der Waals surface area contributed by atoms with Gasteiger partial charge in [-0.2, -0.15) is 5.26 Å². The molecular formula is C18H16N2O. The van der Waals surface area contributed by atoms with Crippen LogP contribution >= 0.6 is 0 Å². The number of carbonyl (C=O) groups excluding carboxylic acids is 1. The zero-order chi connectivity index (χ0) is 14.7. The van der Waals surface area contributed by atoms with Gasteiger partial charge in [0.05, 0.1) is 11.6 Å². The number of anilines is 1. The fourth-order valence-electron chi connectivity index (χ4n) is 2.79. The molecule has 0 heterocycles. The van der Waals surface area contributed by atoms with Crippen LogP contribution in [0.5, 0.6) is 0 Å². The van der Waals surface area contributed by atoms with Crippen LogP contribution in [0.25, 0.3) is 0 Å². The molecule has 2 aromatic rings. The van der Waals surface area contributed by atoms with Crippen molar-refractivity contribution in [1.82, 2.24) is 0 Å². The third-order valence-electron chi connectivity index (χ3n) is 4.00. The summed E-state index contributed by atoms with van der Waals surface area (Å²) < 4.78 is 0. The number of carbonyl (C=O) groups is 1. The molecule has 1 aliphatic rings. The molecule has 1 atom stereocenters. The summed E-state index contributed by atoms with van der Waals surface area (Å²) in [6.07, 6.45) is 2.65. The lowest BCUT2D eigenvalue weighted by Crippen LogP contribution is -2.28. The molecule has 21 heavy (non-hydrogen) atoms. The highest BCUT2D eigenvalue weighted by atomic mass is 16.1. The number of amides is 1. The molecule has 3 rings (SSSR count). The number of benzene rings is 2. The van der Waals surface area contributed by atoms with Gasteiger partial charge in [0, 0.05) is 11.6 Å². The van der Waals surface area contributed by atoms with E-state index < -0.39 is 0 Å². The zero-order valence-electron chi connectivity index (χ0n) is 11.7. The fraction of sp³-hybridized carbons (Fsp3) is 0.222. The van der Waals surface area contributed by atoms with Crippen molar-refractivity contribution in [1.29, 1.82) is 5.26 Å². The zero-order valence-corrected chi connectivity index (χ0v) is 11.7. The Morgan fingerprint density at radius 2 is 1.81 bits per heavy atom. The summed E-state index contributed by atoms with van der Waals surface area (Å²) in [5.74, 6) is 0.0877. The van der Waals surface area contributed by atoms with Gasteiger partial charge in [0.25, 0.3) is 0 Å². The number of rotatable bonds is 2. The number of aryl methyl sites for hydroxylation is 1. The van der Waals surface area contributed by atoms with Crippen LogP contribution in [0.2, 0.25) is 0 Å². The summed E-state index contributed by atoms with van der Waals surface area (Å²) >= 11 is 0. The molecule has 0 aliphatic heterocycles. The smallest absolute Gasteiger partial charge is 0.227 e. The normalized spacial score (nSPS) is 16.6. The van der Waals surface area contributed by atoms with E-state index in [1.165, 1.54) is 11.1 Å². The largest absolute Gasteiger partial charge is 0.326 e. The average Bonchev–Trinajstić information content (AvgIpc) is 2.55. The van der Waals surface area contributed by atoms with Crippen molar-refractivity contribution >= 4 is 11.6 Å². The number of fused-ring (bicyclic) bond motifs is 1. The Bertz CT molecular complexity index is 698. The molecule has 1 unspecified atom stereocenters. The van der Waals surface area contributed by atoms with E-state index in [9.17, 15) is 4.79 Å². The number of nitrogens with zero attached hydrogens (tertiary/aromatic N) is 1. The van der Waals surface area contributed by atoms with E-state index in [0.717, 1.165) is 24.9 Å². The highest BCUT2D eigenvalue weighted by Crippen LogP contribution is 2.26. The van der Waals surface area contributed by atoms with Crippen LogP contribution in [-0.4, -0.2) is 5.91 Å². The Hall–Kier alpha value is -2.60. The van der Waals surface area contributed by atoms with E-state index in [2.05, 4.69) is 29.6 Å². The van der Waals surface area contributed by atoms with Crippen molar-refractivity contribution in [3.63, 3.8) is 0 Å². The predicted octanol–water partition coefficient (Wildman–Crippen LogP) is 3.30. The summed E-state index contributed by atoms with van der Waals surface area (Å²) in [5.41, 5.74) is 3.99. The van der Waals surface area contributed by atoms with Crippen molar-refractivity contribution < 1.29 is 4.79 Å².